The molecule has 0 saturated heterocycles. The highest BCUT2D eigenvalue weighted by Crippen LogP contribution is 2.32. The van der Waals surface area contributed by atoms with Crippen LogP contribution in [0.1, 0.15) is 55.7 Å². The lowest BCUT2D eigenvalue weighted by molar-refractivity contribution is 0.258. The van der Waals surface area contributed by atoms with E-state index in [9.17, 15) is 9.59 Å². The summed E-state index contributed by atoms with van der Waals surface area (Å²) in [6, 6.07) is 5.92. The second-order valence-electron chi connectivity index (χ2n) is 7.47. The number of H-pyrrole nitrogens is 1. The molecule has 1 N–H and O–H groups in total. The molecule has 1 fully saturated rings. The van der Waals surface area contributed by atoms with Gasteiger partial charge in [-0.25, -0.2) is 4.79 Å². The molecule has 1 heterocycles. The van der Waals surface area contributed by atoms with Gasteiger partial charge >= 0.3 is 5.69 Å². The first-order valence-electron chi connectivity index (χ1n) is 8.98. The van der Waals surface area contributed by atoms with Crippen molar-refractivity contribution in [3.8, 4) is 11.6 Å². The van der Waals surface area contributed by atoms with E-state index in [1.165, 1.54) is 6.42 Å². The number of hydrogen-bond donors (Lipinski definition) is 1. The molecule has 1 aliphatic carbocycles. The predicted molar refractivity (Wildman–Crippen MR) is 98.7 cm³/mol. The molecule has 0 bridgehead atoms. The van der Waals surface area contributed by atoms with Crippen LogP contribution in [0, 0.1) is 19.8 Å². The predicted octanol–water partition coefficient (Wildman–Crippen LogP) is 3.87. The van der Waals surface area contributed by atoms with Crippen molar-refractivity contribution < 1.29 is 4.74 Å². The Labute approximate surface area is 147 Å². The number of aromatic nitrogens is 2. The third-order valence-corrected chi connectivity index (χ3v) is 4.84. The Kier molecular flexibility index (Phi) is 4.84. The highest BCUT2D eigenvalue weighted by Gasteiger charge is 2.24. The Morgan fingerprint density at radius 2 is 1.80 bits per heavy atom. The van der Waals surface area contributed by atoms with Crippen LogP contribution in [-0.2, 0) is 6.54 Å². The van der Waals surface area contributed by atoms with Gasteiger partial charge in [-0.1, -0.05) is 26.3 Å². The van der Waals surface area contributed by atoms with Crippen molar-refractivity contribution in [3.63, 3.8) is 0 Å². The van der Waals surface area contributed by atoms with Gasteiger partial charge in [0, 0.05) is 6.54 Å². The van der Waals surface area contributed by atoms with E-state index in [-0.39, 0.29) is 17.2 Å². The maximum Gasteiger partial charge on any atom is 0.331 e. The van der Waals surface area contributed by atoms with E-state index < -0.39 is 0 Å². The zero-order valence-corrected chi connectivity index (χ0v) is 15.4. The highest BCUT2D eigenvalue weighted by atomic mass is 16.5. The molecular formula is C20H26N2O3. The summed E-state index contributed by atoms with van der Waals surface area (Å²) in [6.45, 7) is 8.48. The van der Waals surface area contributed by atoms with Crippen molar-refractivity contribution in [1.29, 1.82) is 0 Å². The molecule has 0 radical (unpaired) electrons. The van der Waals surface area contributed by atoms with Crippen molar-refractivity contribution in [2.75, 3.05) is 0 Å². The van der Waals surface area contributed by atoms with Crippen molar-refractivity contribution in [1.82, 2.24) is 9.55 Å². The standard InChI is InChI=1S/C20H26N2O3/c1-12(2)17-18(23)21-20(24)22(11-15-6-5-7-15)19(17)25-16-9-13(3)8-14(4)10-16/h8-10,12,15H,5-7,11H2,1-4H3,(H,21,23,24). The third kappa shape index (κ3) is 3.70. The van der Waals surface area contributed by atoms with E-state index in [1.807, 2.05) is 39.8 Å². The molecule has 1 aliphatic rings. The maximum atomic E-state index is 12.5. The Balaban J connectivity index is 2.12. The molecule has 0 atom stereocenters. The highest BCUT2D eigenvalue weighted by molar-refractivity contribution is 5.38. The van der Waals surface area contributed by atoms with Gasteiger partial charge in [-0.2, -0.15) is 0 Å². The lowest BCUT2D eigenvalue weighted by Gasteiger charge is -2.27. The molecule has 1 saturated carbocycles. The van der Waals surface area contributed by atoms with Crippen molar-refractivity contribution >= 4 is 0 Å². The summed E-state index contributed by atoms with van der Waals surface area (Å²) in [7, 11) is 0. The molecule has 1 aromatic carbocycles. The number of aryl methyl sites for hydroxylation is 2. The summed E-state index contributed by atoms with van der Waals surface area (Å²) >= 11 is 0. The van der Waals surface area contributed by atoms with Crippen LogP contribution >= 0.6 is 0 Å². The van der Waals surface area contributed by atoms with Crippen molar-refractivity contribution in [2.45, 2.75) is 59.4 Å². The lowest BCUT2D eigenvalue weighted by atomic mass is 9.85. The van der Waals surface area contributed by atoms with E-state index >= 15 is 0 Å². The van der Waals surface area contributed by atoms with Crippen LogP contribution in [0.4, 0.5) is 0 Å². The average Bonchev–Trinajstić information content (AvgIpc) is 2.43. The van der Waals surface area contributed by atoms with Gasteiger partial charge in [0.15, 0.2) is 0 Å². The van der Waals surface area contributed by atoms with E-state index in [0.29, 0.717) is 29.7 Å². The van der Waals surface area contributed by atoms with Gasteiger partial charge in [0.2, 0.25) is 5.88 Å². The SMILES string of the molecule is Cc1cc(C)cc(Oc2c(C(C)C)c(=O)[nH]c(=O)n2CC2CCC2)c1. The van der Waals surface area contributed by atoms with E-state index in [1.54, 1.807) is 4.57 Å². The van der Waals surface area contributed by atoms with Crippen LogP contribution in [0.3, 0.4) is 0 Å². The van der Waals surface area contributed by atoms with E-state index in [0.717, 1.165) is 24.0 Å². The average molecular weight is 342 g/mol. The van der Waals surface area contributed by atoms with Crippen LogP contribution in [0.25, 0.3) is 0 Å². The molecule has 1 aromatic heterocycles. The third-order valence-electron chi connectivity index (χ3n) is 4.84. The molecule has 2 aromatic rings. The second kappa shape index (κ2) is 6.90. The smallest absolute Gasteiger partial charge is 0.331 e. The van der Waals surface area contributed by atoms with E-state index in [2.05, 4.69) is 11.1 Å². The quantitative estimate of drug-likeness (QED) is 0.897. The van der Waals surface area contributed by atoms with Crippen LogP contribution in [0.5, 0.6) is 11.6 Å². The first-order chi connectivity index (χ1) is 11.8. The second-order valence-corrected chi connectivity index (χ2v) is 7.47. The summed E-state index contributed by atoms with van der Waals surface area (Å²) in [5, 5.41) is 0. The fourth-order valence-corrected chi connectivity index (χ4v) is 3.39. The Morgan fingerprint density at radius 3 is 2.32 bits per heavy atom. The van der Waals surface area contributed by atoms with Gasteiger partial charge in [0.25, 0.3) is 5.56 Å². The Bertz CT molecular complexity index is 869. The molecule has 134 valence electrons. The Hall–Kier alpha value is -2.30. The minimum Gasteiger partial charge on any atom is -0.440 e. The fraction of sp³-hybridized carbons (Fsp3) is 0.500. The van der Waals surface area contributed by atoms with Gasteiger partial charge in [0.05, 0.1) is 5.56 Å². The van der Waals surface area contributed by atoms with Crippen molar-refractivity contribution in [2.24, 2.45) is 5.92 Å². The minimum atomic E-state index is -0.388. The first-order valence-corrected chi connectivity index (χ1v) is 8.98. The largest absolute Gasteiger partial charge is 0.440 e. The van der Waals surface area contributed by atoms with Gasteiger partial charge in [0.1, 0.15) is 5.75 Å². The first kappa shape index (κ1) is 17.5. The molecule has 0 spiro atoms. The molecule has 25 heavy (non-hydrogen) atoms. The zero-order valence-electron chi connectivity index (χ0n) is 15.4. The maximum absolute atomic E-state index is 12.5. The fourth-order valence-electron chi connectivity index (χ4n) is 3.39. The van der Waals surface area contributed by atoms with Crippen LogP contribution in [0.15, 0.2) is 27.8 Å². The monoisotopic (exact) mass is 342 g/mol. The van der Waals surface area contributed by atoms with Gasteiger partial charge in [-0.15, -0.1) is 0 Å². The summed E-state index contributed by atoms with van der Waals surface area (Å²) < 4.78 is 7.75. The van der Waals surface area contributed by atoms with Crippen LogP contribution in [-0.4, -0.2) is 9.55 Å². The normalized spacial score (nSPS) is 14.6. The molecule has 0 unspecified atom stereocenters. The Morgan fingerprint density at radius 1 is 1.16 bits per heavy atom. The topological polar surface area (TPSA) is 64.1 Å². The molecule has 0 amide bonds. The number of ether oxygens (including phenoxy) is 1. The van der Waals surface area contributed by atoms with Crippen molar-refractivity contribution in [3.05, 3.63) is 55.7 Å². The molecule has 5 heteroatoms. The minimum absolute atomic E-state index is 0.0436. The number of nitrogens with zero attached hydrogens (tertiary/aromatic N) is 1. The molecule has 5 nitrogen and oxygen atoms in total. The zero-order chi connectivity index (χ0) is 18.1. The van der Waals surface area contributed by atoms with Gasteiger partial charge < -0.3 is 4.74 Å². The van der Waals surface area contributed by atoms with E-state index in [4.69, 9.17) is 4.74 Å². The number of benzene rings is 1. The summed E-state index contributed by atoms with van der Waals surface area (Å²) in [5.41, 5.74) is 1.95. The van der Waals surface area contributed by atoms with Gasteiger partial charge in [-0.3, -0.25) is 14.3 Å². The van der Waals surface area contributed by atoms with Crippen LogP contribution in [0.2, 0.25) is 0 Å². The number of rotatable bonds is 5. The molecular weight excluding hydrogens is 316 g/mol. The lowest BCUT2D eigenvalue weighted by Crippen LogP contribution is -2.36. The van der Waals surface area contributed by atoms with Gasteiger partial charge in [-0.05, 0) is 61.8 Å². The molecule has 0 aliphatic heterocycles. The number of aromatic amines is 1. The summed E-state index contributed by atoms with van der Waals surface area (Å²) in [5.74, 6) is 1.48. The number of hydrogen-bond acceptors (Lipinski definition) is 3. The summed E-state index contributed by atoms with van der Waals surface area (Å²) in [4.78, 5) is 27.3. The van der Waals surface area contributed by atoms with Crippen LogP contribution < -0.4 is 16.0 Å². The number of nitrogens with one attached hydrogen (secondary N) is 1. The molecule has 3 rings (SSSR count). The summed E-state index contributed by atoms with van der Waals surface area (Å²) in [6.07, 6.45) is 3.43.